The van der Waals surface area contributed by atoms with Crippen molar-refractivity contribution in [1.82, 2.24) is 20.5 Å². The Balaban J connectivity index is 2.17. The van der Waals surface area contributed by atoms with Crippen LogP contribution in [0.2, 0.25) is 0 Å². The maximum absolute atomic E-state index is 13.4. The normalized spacial score (nSPS) is 15.8. The van der Waals surface area contributed by atoms with Crippen molar-refractivity contribution >= 4 is 24.1 Å². The van der Waals surface area contributed by atoms with Crippen molar-refractivity contribution in [2.75, 3.05) is 43.2 Å². The third-order valence-electron chi connectivity index (χ3n) is 5.34. The van der Waals surface area contributed by atoms with Crippen LogP contribution in [-0.4, -0.2) is 65.4 Å². The van der Waals surface area contributed by atoms with Gasteiger partial charge in [-0.3, -0.25) is 25.6 Å². The second-order valence-corrected chi connectivity index (χ2v) is 8.29. The number of rotatable bonds is 10. The van der Waals surface area contributed by atoms with Crippen molar-refractivity contribution in [3.8, 4) is 0 Å². The zero-order chi connectivity index (χ0) is 23.9. The lowest BCUT2D eigenvalue weighted by molar-refractivity contribution is -0.155. The van der Waals surface area contributed by atoms with Gasteiger partial charge in [-0.2, -0.15) is 18.2 Å². The quantitative estimate of drug-likeness (QED) is 0.275. The van der Waals surface area contributed by atoms with Crippen LogP contribution >= 0.6 is 0 Å². The van der Waals surface area contributed by atoms with E-state index < -0.39 is 23.6 Å². The molecule has 1 aliphatic heterocycles. The van der Waals surface area contributed by atoms with Crippen molar-refractivity contribution in [2.24, 2.45) is 11.3 Å². The fraction of sp³-hybridized carbons (Fsp3) is 0.684. The molecule has 180 valence electrons. The van der Waals surface area contributed by atoms with E-state index in [9.17, 15) is 28.0 Å². The highest BCUT2D eigenvalue weighted by atomic mass is 19.4. The number of hydrogen-bond acceptors (Lipinski definition) is 8. The average molecular weight is 462 g/mol. The summed E-state index contributed by atoms with van der Waals surface area (Å²) < 4.78 is 45.4. The predicted octanol–water partition coefficient (Wildman–Crippen LogP) is 2.07. The minimum atomic E-state index is -4.65. The average Bonchev–Trinajstić information content (AvgIpc) is 2.76. The lowest BCUT2D eigenvalue weighted by Crippen LogP contribution is -2.42. The number of anilines is 2. The fourth-order valence-corrected chi connectivity index (χ4v) is 3.19. The molecule has 32 heavy (non-hydrogen) atoms. The first-order valence-electron chi connectivity index (χ1n) is 10.2. The van der Waals surface area contributed by atoms with Crippen LogP contribution in [-0.2, 0) is 20.5 Å². The number of hydroxylamine groups is 2. The zero-order valence-corrected chi connectivity index (χ0v) is 18.3. The highest BCUT2D eigenvalue weighted by Crippen LogP contribution is 2.35. The number of hydrogen-bond donors (Lipinski definition) is 3. The first kappa shape index (κ1) is 25.6. The molecule has 1 aromatic heterocycles. The number of hydrazine groups is 1. The molecule has 1 fully saturated rings. The molecule has 1 atom stereocenters. The van der Waals surface area contributed by atoms with E-state index >= 15 is 0 Å². The van der Waals surface area contributed by atoms with Gasteiger partial charge in [-0.25, -0.2) is 10.0 Å². The first-order valence-corrected chi connectivity index (χ1v) is 10.2. The molecule has 1 aliphatic rings. The monoisotopic (exact) mass is 462 g/mol. The van der Waals surface area contributed by atoms with Gasteiger partial charge in [-0.1, -0.05) is 27.2 Å². The number of amides is 2. The summed E-state index contributed by atoms with van der Waals surface area (Å²) in [5, 5.41) is 9.91. The third kappa shape index (κ3) is 7.19. The SMILES string of the molecule is CCC(C)(C)C[C@H](CN(O)C=O)C(=O)NNc1ncc(C(F)(F)F)c(N2CCOCC2)n1. The molecule has 1 saturated heterocycles. The number of aromatic nitrogens is 2. The molecule has 2 heterocycles. The van der Waals surface area contributed by atoms with Gasteiger partial charge >= 0.3 is 6.18 Å². The van der Waals surface area contributed by atoms with Gasteiger partial charge in [0, 0.05) is 19.3 Å². The number of carbonyl (C=O) groups excluding carboxylic acids is 2. The Kier molecular flexibility index (Phi) is 8.61. The van der Waals surface area contributed by atoms with Crippen LogP contribution in [0.15, 0.2) is 6.20 Å². The zero-order valence-electron chi connectivity index (χ0n) is 18.3. The number of alkyl halides is 3. The van der Waals surface area contributed by atoms with Crippen LogP contribution in [0.5, 0.6) is 0 Å². The minimum absolute atomic E-state index is 0.195. The third-order valence-corrected chi connectivity index (χ3v) is 5.34. The number of nitrogens with one attached hydrogen (secondary N) is 2. The molecule has 1 aromatic rings. The van der Waals surface area contributed by atoms with Crippen LogP contribution in [0, 0.1) is 11.3 Å². The maximum Gasteiger partial charge on any atom is 0.421 e. The lowest BCUT2D eigenvalue weighted by Gasteiger charge is -2.30. The van der Waals surface area contributed by atoms with Crippen molar-refractivity contribution < 1.29 is 32.7 Å². The first-order chi connectivity index (χ1) is 15.0. The number of carbonyl (C=O) groups is 2. The minimum Gasteiger partial charge on any atom is -0.378 e. The Morgan fingerprint density at radius 1 is 1.38 bits per heavy atom. The summed E-state index contributed by atoms with van der Waals surface area (Å²) >= 11 is 0. The molecule has 0 unspecified atom stereocenters. The molecular formula is C19H29F3N6O4. The standard InChI is InChI=1S/C19H29F3N6O4/c1-4-18(2,3)9-13(11-28(31)12-29)16(30)25-26-17-23-10-14(19(20,21)22)15(24-17)27-5-7-32-8-6-27/h10,12-13,31H,4-9,11H2,1-3H3,(H,25,30)(H,23,24,26)/t13-/m1/s1. The molecule has 2 rings (SSSR count). The second-order valence-electron chi connectivity index (χ2n) is 8.29. The Bertz CT molecular complexity index is 787. The van der Waals surface area contributed by atoms with Crippen molar-refractivity contribution in [2.45, 2.75) is 39.8 Å². The number of halogens is 3. The molecule has 10 nitrogen and oxygen atoms in total. The summed E-state index contributed by atoms with van der Waals surface area (Å²) in [6.45, 7) is 6.60. The van der Waals surface area contributed by atoms with E-state index in [0.717, 1.165) is 6.42 Å². The number of ether oxygens (including phenoxy) is 1. The molecule has 0 radical (unpaired) electrons. The van der Waals surface area contributed by atoms with Crippen LogP contribution in [0.3, 0.4) is 0 Å². The largest absolute Gasteiger partial charge is 0.421 e. The predicted molar refractivity (Wildman–Crippen MR) is 109 cm³/mol. The van der Waals surface area contributed by atoms with E-state index in [0.29, 0.717) is 17.7 Å². The van der Waals surface area contributed by atoms with Crippen LogP contribution in [0.25, 0.3) is 0 Å². The van der Waals surface area contributed by atoms with E-state index in [1.54, 1.807) is 0 Å². The molecule has 0 aromatic carbocycles. The van der Waals surface area contributed by atoms with E-state index in [1.807, 2.05) is 20.8 Å². The molecule has 0 spiro atoms. The Morgan fingerprint density at radius 3 is 2.59 bits per heavy atom. The van der Waals surface area contributed by atoms with E-state index in [-0.39, 0.29) is 56.4 Å². The summed E-state index contributed by atoms with van der Waals surface area (Å²) in [4.78, 5) is 32.5. The summed E-state index contributed by atoms with van der Waals surface area (Å²) in [6.07, 6.45) is -2.69. The fourth-order valence-electron chi connectivity index (χ4n) is 3.19. The van der Waals surface area contributed by atoms with Crippen molar-refractivity contribution in [3.63, 3.8) is 0 Å². The molecule has 13 heteroatoms. The van der Waals surface area contributed by atoms with Crippen molar-refractivity contribution in [1.29, 1.82) is 0 Å². The van der Waals surface area contributed by atoms with Crippen LogP contribution in [0.4, 0.5) is 24.9 Å². The van der Waals surface area contributed by atoms with Gasteiger partial charge in [0.15, 0.2) is 0 Å². The van der Waals surface area contributed by atoms with Gasteiger partial charge < -0.3 is 9.64 Å². The highest BCUT2D eigenvalue weighted by molar-refractivity contribution is 5.80. The van der Waals surface area contributed by atoms with Crippen LogP contribution < -0.4 is 15.8 Å². The molecule has 0 bridgehead atoms. The molecule has 3 N–H and O–H groups in total. The van der Waals surface area contributed by atoms with Gasteiger partial charge in [0.2, 0.25) is 18.3 Å². The topological polar surface area (TPSA) is 120 Å². The second kappa shape index (κ2) is 10.8. The van der Waals surface area contributed by atoms with Gasteiger partial charge in [-0.15, -0.1) is 0 Å². The number of morpholine rings is 1. The summed E-state index contributed by atoms with van der Waals surface area (Å²) in [5.74, 6) is -1.87. The van der Waals surface area contributed by atoms with Gasteiger partial charge in [0.25, 0.3) is 0 Å². The molecule has 2 amide bonds. The van der Waals surface area contributed by atoms with Crippen LogP contribution in [0.1, 0.15) is 39.2 Å². The van der Waals surface area contributed by atoms with Crippen molar-refractivity contribution in [3.05, 3.63) is 11.8 Å². The van der Waals surface area contributed by atoms with E-state index in [4.69, 9.17) is 4.74 Å². The van der Waals surface area contributed by atoms with E-state index in [2.05, 4.69) is 20.8 Å². The summed E-state index contributed by atoms with van der Waals surface area (Å²) in [7, 11) is 0. The van der Waals surface area contributed by atoms with Gasteiger partial charge in [0.1, 0.15) is 11.4 Å². The smallest absolute Gasteiger partial charge is 0.378 e. The lowest BCUT2D eigenvalue weighted by atomic mass is 9.80. The Hall–Kier alpha value is -2.67. The summed E-state index contributed by atoms with van der Waals surface area (Å²) in [5.41, 5.74) is 3.58. The summed E-state index contributed by atoms with van der Waals surface area (Å²) in [6, 6.07) is 0. The molecular weight excluding hydrogens is 433 g/mol. The number of nitrogens with zero attached hydrogens (tertiary/aromatic N) is 4. The Labute approximate surface area is 184 Å². The molecule has 0 aliphatic carbocycles. The molecule has 0 saturated carbocycles. The maximum atomic E-state index is 13.4. The Morgan fingerprint density at radius 2 is 2.03 bits per heavy atom. The highest BCUT2D eigenvalue weighted by Gasteiger charge is 2.37. The van der Waals surface area contributed by atoms with E-state index in [1.165, 1.54) is 4.90 Å². The van der Waals surface area contributed by atoms with Gasteiger partial charge in [0.05, 0.1) is 25.7 Å². The van der Waals surface area contributed by atoms with Gasteiger partial charge in [-0.05, 0) is 11.8 Å².